The molecule has 0 unspecified atom stereocenters. The van der Waals surface area contributed by atoms with Crippen molar-refractivity contribution in [2.45, 2.75) is 50.5 Å². The summed E-state index contributed by atoms with van der Waals surface area (Å²) in [6.45, 7) is 4.05. The molecule has 3 rings (SSSR count). The van der Waals surface area contributed by atoms with E-state index in [0.29, 0.717) is 5.92 Å². The van der Waals surface area contributed by atoms with Gasteiger partial charge in [-0.3, -0.25) is 0 Å². The van der Waals surface area contributed by atoms with Gasteiger partial charge >= 0.3 is 6.03 Å². The minimum absolute atomic E-state index is 0.0388. The van der Waals surface area contributed by atoms with E-state index in [0.717, 1.165) is 58.3 Å². The van der Waals surface area contributed by atoms with Crippen LogP contribution in [0.1, 0.15) is 44.1 Å². The number of benzene rings is 1. The molecule has 0 bridgehead atoms. The first-order valence-corrected chi connectivity index (χ1v) is 10.1. The Kier molecular flexibility index (Phi) is 6.92. The monoisotopic (exact) mass is 359 g/mol. The molecule has 5 nitrogen and oxygen atoms in total. The maximum Gasteiger partial charge on any atom is 0.315 e. The number of nitrogens with zero attached hydrogens (tertiary/aromatic N) is 1. The van der Waals surface area contributed by atoms with Crippen molar-refractivity contribution in [1.29, 1.82) is 0 Å². The van der Waals surface area contributed by atoms with Crippen LogP contribution in [0.15, 0.2) is 30.3 Å². The van der Waals surface area contributed by atoms with Crippen molar-refractivity contribution in [2.75, 3.05) is 32.8 Å². The van der Waals surface area contributed by atoms with E-state index in [2.05, 4.69) is 45.9 Å². The van der Waals surface area contributed by atoms with Crippen LogP contribution in [-0.2, 0) is 6.42 Å². The molecule has 1 aromatic rings. The Morgan fingerprint density at radius 1 is 1.19 bits per heavy atom. The summed E-state index contributed by atoms with van der Waals surface area (Å²) in [7, 11) is 0. The van der Waals surface area contributed by atoms with E-state index in [1.54, 1.807) is 0 Å². The third-order valence-electron chi connectivity index (χ3n) is 5.96. The standard InChI is InChI=1S/C21H33N3O2/c25-17-21(11-4-5-12-21)23-20(26)22-15-19-9-6-13-24(16-19)14-10-18-7-2-1-3-8-18/h1-3,7-8,19,25H,4-6,9-17H2,(H2,22,23,26)/t19-/m0/s1. The molecule has 1 aliphatic carbocycles. The molecule has 5 heteroatoms. The number of aliphatic hydroxyl groups is 1. The summed E-state index contributed by atoms with van der Waals surface area (Å²) < 4.78 is 0. The van der Waals surface area contributed by atoms with E-state index < -0.39 is 5.54 Å². The number of likely N-dealkylation sites (tertiary alicyclic amines) is 1. The highest BCUT2D eigenvalue weighted by atomic mass is 16.3. The van der Waals surface area contributed by atoms with E-state index in [1.807, 2.05) is 0 Å². The second-order valence-electron chi connectivity index (χ2n) is 8.03. The lowest BCUT2D eigenvalue weighted by molar-refractivity contribution is 0.156. The van der Waals surface area contributed by atoms with Gasteiger partial charge in [-0.05, 0) is 50.1 Å². The Morgan fingerprint density at radius 3 is 2.69 bits per heavy atom. The molecule has 1 aromatic carbocycles. The number of hydrogen-bond donors (Lipinski definition) is 3. The normalized spacial score (nSPS) is 22.9. The molecule has 144 valence electrons. The molecule has 2 aliphatic rings. The maximum atomic E-state index is 12.3. The SMILES string of the molecule is O=C(NC[C@@H]1CCCN(CCc2ccccc2)C1)NC1(CO)CCCC1. The lowest BCUT2D eigenvalue weighted by Crippen LogP contribution is -2.54. The highest BCUT2D eigenvalue weighted by molar-refractivity contribution is 5.74. The zero-order valence-electron chi connectivity index (χ0n) is 15.8. The Labute approximate surface area is 157 Å². The van der Waals surface area contributed by atoms with Crippen molar-refractivity contribution in [3.8, 4) is 0 Å². The fraction of sp³-hybridized carbons (Fsp3) is 0.667. The molecule has 26 heavy (non-hydrogen) atoms. The first-order chi connectivity index (χ1) is 12.7. The van der Waals surface area contributed by atoms with E-state index in [-0.39, 0.29) is 12.6 Å². The van der Waals surface area contributed by atoms with Crippen LogP contribution in [-0.4, -0.2) is 54.4 Å². The van der Waals surface area contributed by atoms with Gasteiger partial charge in [-0.2, -0.15) is 0 Å². The number of rotatable bonds is 7. The summed E-state index contributed by atoms with van der Waals surface area (Å²) in [5.41, 5.74) is 0.997. The molecule has 0 radical (unpaired) electrons. The van der Waals surface area contributed by atoms with Crippen LogP contribution in [0.2, 0.25) is 0 Å². The number of carbonyl (C=O) groups is 1. The smallest absolute Gasteiger partial charge is 0.315 e. The van der Waals surface area contributed by atoms with Crippen molar-refractivity contribution in [3.05, 3.63) is 35.9 Å². The first-order valence-electron chi connectivity index (χ1n) is 10.1. The summed E-state index contributed by atoms with van der Waals surface area (Å²) in [6.07, 6.45) is 7.39. The third-order valence-corrected chi connectivity index (χ3v) is 5.96. The number of carbonyl (C=O) groups excluding carboxylic acids is 1. The van der Waals surface area contributed by atoms with Crippen LogP contribution in [0, 0.1) is 5.92 Å². The predicted octanol–water partition coefficient (Wildman–Crippen LogP) is 2.55. The molecular weight excluding hydrogens is 326 g/mol. The van der Waals surface area contributed by atoms with Gasteiger partial charge in [0.05, 0.1) is 12.1 Å². The van der Waals surface area contributed by atoms with E-state index in [1.165, 1.54) is 18.4 Å². The van der Waals surface area contributed by atoms with Gasteiger partial charge in [0.25, 0.3) is 0 Å². The second-order valence-corrected chi connectivity index (χ2v) is 8.03. The van der Waals surface area contributed by atoms with E-state index in [9.17, 15) is 9.90 Å². The van der Waals surface area contributed by atoms with Gasteiger partial charge in [0, 0.05) is 19.6 Å². The van der Waals surface area contributed by atoms with Gasteiger partial charge in [0.1, 0.15) is 0 Å². The minimum atomic E-state index is -0.391. The van der Waals surface area contributed by atoms with Crippen LogP contribution < -0.4 is 10.6 Å². The van der Waals surface area contributed by atoms with Crippen molar-refractivity contribution in [2.24, 2.45) is 5.92 Å². The van der Waals surface area contributed by atoms with Gasteiger partial charge in [0.2, 0.25) is 0 Å². The zero-order chi connectivity index (χ0) is 18.2. The van der Waals surface area contributed by atoms with Crippen molar-refractivity contribution in [3.63, 3.8) is 0 Å². The van der Waals surface area contributed by atoms with Gasteiger partial charge in [-0.25, -0.2) is 4.79 Å². The Bertz CT molecular complexity index is 558. The Morgan fingerprint density at radius 2 is 1.96 bits per heavy atom. The lowest BCUT2D eigenvalue weighted by atomic mass is 9.97. The quantitative estimate of drug-likeness (QED) is 0.701. The van der Waals surface area contributed by atoms with Gasteiger partial charge < -0.3 is 20.6 Å². The molecule has 1 saturated heterocycles. The van der Waals surface area contributed by atoms with Crippen molar-refractivity contribution >= 4 is 6.03 Å². The summed E-state index contributed by atoms with van der Waals surface area (Å²) in [5, 5.41) is 15.7. The number of nitrogens with one attached hydrogen (secondary N) is 2. The summed E-state index contributed by atoms with van der Waals surface area (Å²) in [4.78, 5) is 14.8. The van der Waals surface area contributed by atoms with Crippen LogP contribution in [0.25, 0.3) is 0 Å². The molecule has 1 heterocycles. The molecule has 1 saturated carbocycles. The largest absolute Gasteiger partial charge is 0.394 e. The van der Waals surface area contributed by atoms with Gasteiger partial charge in [-0.15, -0.1) is 0 Å². The molecule has 1 atom stereocenters. The molecule has 0 aromatic heterocycles. The molecular formula is C21H33N3O2. The number of hydrogen-bond acceptors (Lipinski definition) is 3. The fourth-order valence-corrected chi connectivity index (χ4v) is 4.35. The Balaban J connectivity index is 1.38. The molecule has 1 aliphatic heterocycles. The lowest BCUT2D eigenvalue weighted by Gasteiger charge is -2.33. The molecule has 0 spiro atoms. The highest BCUT2D eigenvalue weighted by Crippen LogP contribution is 2.29. The fourth-order valence-electron chi connectivity index (χ4n) is 4.35. The van der Waals surface area contributed by atoms with Gasteiger partial charge in [-0.1, -0.05) is 43.2 Å². The number of amides is 2. The zero-order valence-corrected chi connectivity index (χ0v) is 15.8. The van der Waals surface area contributed by atoms with Crippen molar-refractivity contribution in [1.82, 2.24) is 15.5 Å². The highest BCUT2D eigenvalue weighted by Gasteiger charge is 2.34. The Hall–Kier alpha value is -1.59. The van der Waals surface area contributed by atoms with Gasteiger partial charge in [0.15, 0.2) is 0 Å². The molecule has 2 amide bonds. The summed E-state index contributed by atoms with van der Waals surface area (Å²) in [6, 6.07) is 10.5. The average Bonchev–Trinajstić information content (AvgIpc) is 3.15. The topological polar surface area (TPSA) is 64.6 Å². The first kappa shape index (κ1) is 19.2. The van der Waals surface area contributed by atoms with Crippen LogP contribution in [0.3, 0.4) is 0 Å². The summed E-state index contributed by atoms with van der Waals surface area (Å²) in [5.74, 6) is 0.513. The number of urea groups is 1. The number of piperidine rings is 1. The maximum absolute atomic E-state index is 12.3. The minimum Gasteiger partial charge on any atom is -0.394 e. The third kappa shape index (κ3) is 5.45. The average molecular weight is 360 g/mol. The summed E-state index contributed by atoms with van der Waals surface area (Å²) >= 11 is 0. The van der Waals surface area contributed by atoms with E-state index >= 15 is 0 Å². The van der Waals surface area contributed by atoms with Crippen molar-refractivity contribution < 1.29 is 9.90 Å². The van der Waals surface area contributed by atoms with Crippen LogP contribution in [0.5, 0.6) is 0 Å². The van der Waals surface area contributed by atoms with E-state index in [4.69, 9.17) is 0 Å². The molecule has 2 fully saturated rings. The number of aliphatic hydroxyl groups excluding tert-OH is 1. The molecule has 3 N–H and O–H groups in total. The second kappa shape index (κ2) is 9.38. The van der Waals surface area contributed by atoms with Crippen LogP contribution >= 0.6 is 0 Å². The van der Waals surface area contributed by atoms with Crippen LogP contribution in [0.4, 0.5) is 4.79 Å². The predicted molar refractivity (Wildman–Crippen MR) is 104 cm³/mol.